The minimum atomic E-state index is -0.293. The fraction of sp³-hybridized carbons (Fsp3) is 0.231. The van der Waals surface area contributed by atoms with Crippen molar-refractivity contribution in [2.75, 3.05) is 17.2 Å². The van der Waals surface area contributed by atoms with E-state index in [0.29, 0.717) is 11.5 Å². The van der Waals surface area contributed by atoms with Crippen molar-refractivity contribution < 1.29 is 4.79 Å². The van der Waals surface area contributed by atoms with Gasteiger partial charge in [-0.3, -0.25) is 14.8 Å². The first-order valence-electron chi connectivity index (χ1n) is 6.07. The second-order valence-electron chi connectivity index (χ2n) is 3.91. The van der Waals surface area contributed by atoms with Crippen molar-refractivity contribution in [2.45, 2.75) is 13.3 Å². The third-order valence-corrected chi connectivity index (χ3v) is 2.36. The van der Waals surface area contributed by atoms with Crippen LogP contribution >= 0.6 is 0 Å². The van der Waals surface area contributed by atoms with Crippen LogP contribution in [0, 0.1) is 0 Å². The summed E-state index contributed by atoms with van der Waals surface area (Å²) in [6, 6.07) is 3.43. The van der Waals surface area contributed by atoms with Gasteiger partial charge >= 0.3 is 0 Å². The number of carbonyl (C=O) groups excluding carboxylic acids is 1. The second-order valence-corrected chi connectivity index (χ2v) is 3.91. The molecule has 1 amide bonds. The molecule has 2 rings (SSSR count). The first-order chi connectivity index (χ1) is 9.29. The van der Waals surface area contributed by atoms with Gasteiger partial charge in [0.1, 0.15) is 11.5 Å². The van der Waals surface area contributed by atoms with Crippen LogP contribution in [0.5, 0.6) is 0 Å². The summed E-state index contributed by atoms with van der Waals surface area (Å²) in [5.74, 6) is 0.308. The molecule has 0 aliphatic rings. The summed E-state index contributed by atoms with van der Waals surface area (Å²) < 4.78 is 0. The molecule has 98 valence electrons. The van der Waals surface area contributed by atoms with Crippen LogP contribution in [0.1, 0.15) is 23.8 Å². The number of amides is 1. The lowest BCUT2D eigenvalue weighted by Crippen LogP contribution is -2.15. The molecule has 2 N–H and O–H groups in total. The number of carbonyl (C=O) groups is 1. The maximum Gasteiger partial charge on any atom is 0.275 e. The number of pyridine rings is 1. The third-order valence-electron chi connectivity index (χ3n) is 2.36. The molecule has 2 heterocycles. The Morgan fingerprint density at radius 3 is 2.74 bits per heavy atom. The van der Waals surface area contributed by atoms with Crippen molar-refractivity contribution in [3.8, 4) is 0 Å². The predicted octanol–water partition coefficient (Wildman–Crippen LogP) is 1.95. The molecule has 0 aromatic carbocycles. The van der Waals surface area contributed by atoms with Crippen LogP contribution in [0.2, 0.25) is 0 Å². The molecule has 6 nitrogen and oxygen atoms in total. The van der Waals surface area contributed by atoms with Crippen LogP contribution in [-0.4, -0.2) is 27.4 Å². The van der Waals surface area contributed by atoms with Gasteiger partial charge in [0.2, 0.25) is 0 Å². The van der Waals surface area contributed by atoms with E-state index in [1.54, 1.807) is 30.7 Å². The first-order valence-corrected chi connectivity index (χ1v) is 6.07. The van der Waals surface area contributed by atoms with Crippen LogP contribution in [0.25, 0.3) is 0 Å². The van der Waals surface area contributed by atoms with E-state index in [2.05, 4.69) is 32.5 Å². The Balaban J connectivity index is 2.06. The maximum absolute atomic E-state index is 12.0. The first kappa shape index (κ1) is 12.9. The van der Waals surface area contributed by atoms with Gasteiger partial charge in [-0.25, -0.2) is 4.98 Å². The predicted molar refractivity (Wildman–Crippen MR) is 73.0 cm³/mol. The molecular formula is C13H15N5O. The molecule has 0 bridgehead atoms. The number of hydrogen-bond donors (Lipinski definition) is 2. The van der Waals surface area contributed by atoms with Crippen LogP contribution in [-0.2, 0) is 0 Å². The molecule has 0 atom stereocenters. The van der Waals surface area contributed by atoms with Gasteiger partial charge in [0.15, 0.2) is 0 Å². The molecule has 0 aliphatic heterocycles. The molecule has 0 aliphatic carbocycles. The van der Waals surface area contributed by atoms with Gasteiger partial charge in [-0.05, 0) is 18.6 Å². The summed E-state index contributed by atoms with van der Waals surface area (Å²) >= 11 is 0. The van der Waals surface area contributed by atoms with Gasteiger partial charge in [0.25, 0.3) is 5.91 Å². The molecule has 2 aromatic rings. The van der Waals surface area contributed by atoms with Crippen LogP contribution in [0.3, 0.4) is 0 Å². The lowest BCUT2D eigenvalue weighted by atomic mass is 10.3. The summed E-state index contributed by atoms with van der Waals surface area (Å²) in [7, 11) is 0. The van der Waals surface area contributed by atoms with Crippen LogP contribution in [0.4, 0.5) is 11.5 Å². The summed E-state index contributed by atoms with van der Waals surface area (Å²) in [4.78, 5) is 24.1. The zero-order chi connectivity index (χ0) is 13.5. The Kier molecular flexibility index (Phi) is 4.39. The Hall–Kier alpha value is -2.50. The van der Waals surface area contributed by atoms with Gasteiger partial charge in [-0.1, -0.05) is 6.92 Å². The van der Waals surface area contributed by atoms with E-state index in [9.17, 15) is 4.79 Å². The third kappa shape index (κ3) is 3.74. The number of nitrogens with one attached hydrogen (secondary N) is 2. The van der Waals surface area contributed by atoms with Crippen LogP contribution in [0.15, 0.2) is 36.9 Å². The molecule has 0 saturated carbocycles. The number of aromatic nitrogens is 3. The maximum atomic E-state index is 12.0. The van der Waals surface area contributed by atoms with E-state index in [1.165, 1.54) is 6.20 Å². The molecule has 0 radical (unpaired) electrons. The topological polar surface area (TPSA) is 79.8 Å². The Morgan fingerprint density at radius 2 is 2.00 bits per heavy atom. The number of hydrogen-bond acceptors (Lipinski definition) is 5. The van der Waals surface area contributed by atoms with Crippen molar-refractivity contribution in [3.63, 3.8) is 0 Å². The van der Waals surface area contributed by atoms with Crippen LogP contribution < -0.4 is 10.6 Å². The zero-order valence-corrected chi connectivity index (χ0v) is 10.6. The van der Waals surface area contributed by atoms with E-state index < -0.39 is 0 Å². The second kappa shape index (κ2) is 6.44. The average molecular weight is 257 g/mol. The SMILES string of the molecule is CCCNc1cncc(C(=O)Nc2ccncc2)n1. The van der Waals surface area contributed by atoms with Gasteiger partial charge in [-0.2, -0.15) is 0 Å². The Bertz CT molecular complexity index is 544. The van der Waals surface area contributed by atoms with Gasteiger partial charge in [-0.15, -0.1) is 0 Å². The van der Waals surface area contributed by atoms with E-state index >= 15 is 0 Å². The standard InChI is InChI=1S/C13H15N5O/c1-2-5-16-12-9-15-8-11(18-12)13(19)17-10-3-6-14-7-4-10/h3-4,6-9H,2,5H2,1H3,(H,16,18)(H,14,17,19). The monoisotopic (exact) mass is 257 g/mol. The molecule has 19 heavy (non-hydrogen) atoms. The average Bonchev–Trinajstić information content (AvgIpc) is 2.46. The normalized spacial score (nSPS) is 9.95. The van der Waals surface area contributed by atoms with E-state index in [1.807, 2.05) is 0 Å². The van der Waals surface area contributed by atoms with E-state index in [-0.39, 0.29) is 11.6 Å². The van der Waals surface area contributed by atoms with Crippen molar-refractivity contribution in [3.05, 3.63) is 42.6 Å². The Morgan fingerprint density at radius 1 is 1.21 bits per heavy atom. The highest BCUT2D eigenvalue weighted by Crippen LogP contribution is 2.07. The molecular weight excluding hydrogens is 242 g/mol. The van der Waals surface area contributed by atoms with Crippen molar-refractivity contribution in [1.29, 1.82) is 0 Å². The smallest absolute Gasteiger partial charge is 0.275 e. The van der Waals surface area contributed by atoms with E-state index in [0.717, 1.165) is 13.0 Å². The van der Waals surface area contributed by atoms with Crippen molar-refractivity contribution in [1.82, 2.24) is 15.0 Å². The highest BCUT2D eigenvalue weighted by Gasteiger charge is 2.08. The zero-order valence-electron chi connectivity index (χ0n) is 10.6. The van der Waals surface area contributed by atoms with Crippen molar-refractivity contribution in [2.24, 2.45) is 0 Å². The highest BCUT2D eigenvalue weighted by atomic mass is 16.1. The number of nitrogens with zero attached hydrogens (tertiary/aromatic N) is 3. The summed E-state index contributed by atoms with van der Waals surface area (Å²) in [6.45, 7) is 2.85. The van der Waals surface area contributed by atoms with E-state index in [4.69, 9.17) is 0 Å². The Labute approximate surface area is 111 Å². The fourth-order valence-electron chi connectivity index (χ4n) is 1.44. The summed E-state index contributed by atoms with van der Waals surface area (Å²) in [5.41, 5.74) is 0.951. The lowest BCUT2D eigenvalue weighted by molar-refractivity contribution is 0.102. The number of anilines is 2. The molecule has 2 aromatic heterocycles. The quantitative estimate of drug-likeness (QED) is 0.855. The highest BCUT2D eigenvalue weighted by molar-refractivity contribution is 6.02. The number of rotatable bonds is 5. The minimum absolute atomic E-state index is 0.276. The summed E-state index contributed by atoms with van der Waals surface area (Å²) in [6.07, 6.45) is 7.24. The van der Waals surface area contributed by atoms with Crippen molar-refractivity contribution >= 4 is 17.4 Å². The molecule has 0 unspecified atom stereocenters. The molecule has 0 saturated heterocycles. The lowest BCUT2D eigenvalue weighted by Gasteiger charge is -2.06. The molecule has 0 fully saturated rings. The largest absolute Gasteiger partial charge is 0.369 e. The van der Waals surface area contributed by atoms with Gasteiger partial charge < -0.3 is 10.6 Å². The van der Waals surface area contributed by atoms with Gasteiger partial charge in [0.05, 0.1) is 12.4 Å². The fourth-order valence-corrected chi connectivity index (χ4v) is 1.44. The van der Waals surface area contributed by atoms with Gasteiger partial charge in [0, 0.05) is 24.6 Å². The molecule has 6 heteroatoms. The minimum Gasteiger partial charge on any atom is -0.369 e. The molecule has 0 spiro atoms. The summed E-state index contributed by atoms with van der Waals surface area (Å²) in [5, 5.41) is 5.82.